The van der Waals surface area contributed by atoms with E-state index in [1.165, 1.54) is 0 Å². The second-order valence-corrected chi connectivity index (χ2v) is 2.70. The summed E-state index contributed by atoms with van der Waals surface area (Å²) in [4.78, 5) is 2.24. The number of hydrogen-bond acceptors (Lipinski definition) is 2. The summed E-state index contributed by atoms with van der Waals surface area (Å²) in [6, 6.07) is 0.610. The molecule has 48 valence electrons. The summed E-state index contributed by atoms with van der Waals surface area (Å²) in [7, 11) is 0. The van der Waals surface area contributed by atoms with Crippen LogP contribution in [0.3, 0.4) is 0 Å². The van der Waals surface area contributed by atoms with E-state index in [1.807, 2.05) is 0 Å². The summed E-state index contributed by atoms with van der Waals surface area (Å²) in [6.07, 6.45) is -0.0441. The van der Waals surface area contributed by atoms with Crippen molar-refractivity contribution in [2.45, 2.75) is 26.0 Å². The molecule has 8 heavy (non-hydrogen) atoms. The van der Waals surface area contributed by atoms with Crippen molar-refractivity contribution in [2.24, 2.45) is 0 Å². The minimum absolute atomic E-state index is 0.0441. The molecular formula is C6H13NO. The molecule has 0 aromatic carbocycles. The Morgan fingerprint density at radius 3 is 2.12 bits per heavy atom. The lowest BCUT2D eigenvalue weighted by Gasteiger charge is -2.38. The molecule has 1 saturated heterocycles. The number of likely N-dealkylation sites (tertiary alicyclic amines) is 1. The zero-order valence-corrected chi connectivity index (χ0v) is 5.46. The molecule has 2 nitrogen and oxygen atoms in total. The largest absolute Gasteiger partial charge is 0.390 e. The van der Waals surface area contributed by atoms with Gasteiger partial charge in [-0.25, -0.2) is 0 Å². The van der Waals surface area contributed by atoms with E-state index in [0.717, 1.165) is 13.1 Å². The lowest BCUT2D eigenvalue weighted by molar-refractivity contribution is -0.0161. The molecule has 1 heterocycles. The van der Waals surface area contributed by atoms with Crippen molar-refractivity contribution < 1.29 is 5.11 Å². The molecule has 1 fully saturated rings. The van der Waals surface area contributed by atoms with Gasteiger partial charge in [-0.3, -0.25) is 4.90 Å². The number of β-amino-alcohol motifs (C(OH)–C–C–N with tert-alkyl or cyclic N) is 1. The van der Waals surface area contributed by atoms with Gasteiger partial charge in [0.2, 0.25) is 0 Å². The third kappa shape index (κ3) is 1.01. The van der Waals surface area contributed by atoms with Crippen LogP contribution >= 0.6 is 0 Å². The molecular weight excluding hydrogens is 102 g/mol. The molecule has 1 aliphatic heterocycles. The van der Waals surface area contributed by atoms with Crippen LogP contribution in [-0.4, -0.2) is 35.2 Å². The topological polar surface area (TPSA) is 23.5 Å². The smallest absolute Gasteiger partial charge is 0.0794 e. The molecule has 0 aromatic rings. The Balaban J connectivity index is 2.15. The Morgan fingerprint density at radius 2 is 2.00 bits per heavy atom. The van der Waals surface area contributed by atoms with E-state index in [4.69, 9.17) is 5.11 Å². The number of aliphatic hydroxyl groups is 1. The van der Waals surface area contributed by atoms with Gasteiger partial charge in [-0.2, -0.15) is 0 Å². The first-order chi connectivity index (χ1) is 3.70. The average molecular weight is 115 g/mol. The van der Waals surface area contributed by atoms with Gasteiger partial charge in [0.05, 0.1) is 6.10 Å². The number of rotatable bonds is 1. The third-order valence-electron chi connectivity index (χ3n) is 1.62. The Kier molecular flexibility index (Phi) is 1.54. The molecule has 0 saturated carbocycles. The molecule has 1 N–H and O–H groups in total. The molecule has 0 radical (unpaired) electrons. The fourth-order valence-electron chi connectivity index (χ4n) is 0.910. The van der Waals surface area contributed by atoms with Crippen LogP contribution in [0.5, 0.6) is 0 Å². The minimum atomic E-state index is -0.0441. The van der Waals surface area contributed by atoms with E-state index >= 15 is 0 Å². The first-order valence-corrected chi connectivity index (χ1v) is 3.12. The van der Waals surface area contributed by atoms with Crippen molar-refractivity contribution in [3.63, 3.8) is 0 Å². The molecule has 2 heteroatoms. The second-order valence-electron chi connectivity index (χ2n) is 2.70. The maximum Gasteiger partial charge on any atom is 0.0794 e. The van der Waals surface area contributed by atoms with E-state index in [1.54, 1.807) is 0 Å². The first kappa shape index (κ1) is 6.05. The summed E-state index contributed by atoms with van der Waals surface area (Å²) < 4.78 is 0. The van der Waals surface area contributed by atoms with Crippen molar-refractivity contribution in [1.29, 1.82) is 0 Å². The Labute approximate surface area is 50.1 Å². The van der Waals surface area contributed by atoms with Crippen LogP contribution in [-0.2, 0) is 0 Å². The van der Waals surface area contributed by atoms with E-state index < -0.39 is 0 Å². The predicted octanol–water partition coefficient (Wildman–Crippen LogP) is 0.0713. The summed E-state index contributed by atoms with van der Waals surface area (Å²) >= 11 is 0. The van der Waals surface area contributed by atoms with Gasteiger partial charge in [0.15, 0.2) is 0 Å². The van der Waals surface area contributed by atoms with Crippen LogP contribution in [0, 0.1) is 0 Å². The van der Waals surface area contributed by atoms with Crippen molar-refractivity contribution in [3.8, 4) is 0 Å². The molecule has 1 rings (SSSR count). The molecule has 0 spiro atoms. The van der Waals surface area contributed by atoms with Crippen LogP contribution < -0.4 is 0 Å². The Bertz CT molecular complexity index is 76.6. The van der Waals surface area contributed by atoms with E-state index in [9.17, 15) is 0 Å². The number of nitrogens with zero attached hydrogens (tertiary/aromatic N) is 1. The number of aliphatic hydroxyl groups excluding tert-OH is 1. The van der Waals surface area contributed by atoms with Crippen LogP contribution in [0.4, 0.5) is 0 Å². The second kappa shape index (κ2) is 2.03. The average Bonchev–Trinajstić information content (AvgIpc) is 1.57. The van der Waals surface area contributed by atoms with Crippen molar-refractivity contribution in [2.75, 3.05) is 13.1 Å². The summed E-state index contributed by atoms with van der Waals surface area (Å²) in [5.41, 5.74) is 0. The molecule has 0 unspecified atom stereocenters. The van der Waals surface area contributed by atoms with Gasteiger partial charge in [0, 0.05) is 19.1 Å². The maximum atomic E-state index is 8.83. The van der Waals surface area contributed by atoms with Gasteiger partial charge in [-0.05, 0) is 13.8 Å². The highest BCUT2D eigenvalue weighted by Crippen LogP contribution is 2.10. The van der Waals surface area contributed by atoms with Crippen molar-refractivity contribution >= 4 is 0 Å². The molecule has 0 atom stereocenters. The lowest BCUT2D eigenvalue weighted by Crippen LogP contribution is -2.53. The van der Waals surface area contributed by atoms with Gasteiger partial charge in [0.25, 0.3) is 0 Å². The Morgan fingerprint density at radius 1 is 1.50 bits per heavy atom. The molecule has 0 amide bonds. The fourth-order valence-corrected chi connectivity index (χ4v) is 0.910. The van der Waals surface area contributed by atoms with Gasteiger partial charge in [-0.15, -0.1) is 0 Å². The molecule has 0 aliphatic carbocycles. The minimum Gasteiger partial charge on any atom is -0.390 e. The maximum absolute atomic E-state index is 8.83. The molecule has 1 aliphatic rings. The van der Waals surface area contributed by atoms with E-state index in [-0.39, 0.29) is 6.10 Å². The summed E-state index contributed by atoms with van der Waals surface area (Å²) in [6.45, 7) is 6.03. The van der Waals surface area contributed by atoms with Gasteiger partial charge >= 0.3 is 0 Å². The molecule has 0 bridgehead atoms. The first-order valence-electron chi connectivity index (χ1n) is 3.12. The number of hydrogen-bond donors (Lipinski definition) is 1. The monoisotopic (exact) mass is 115 g/mol. The van der Waals surface area contributed by atoms with Crippen molar-refractivity contribution in [1.82, 2.24) is 4.90 Å². The third-order valence-corrected chi connectivity index (χ3v) is 1.62. The van der Waals surface area contributed by atoms with E-state index in [0.29, 0.717) is 6.04 Å². The van der Waals surface area contributed by atoms with Crippen LogP contribution in [0.2, 0.25) is 0 Å². The normalized spacial score (nSPS) is 24.0. The van der Waals surface area contributed by atoms with Crippen LogP contribution in [0.25, 0.3) is 0 Å². The fraction of sp³-hybridized carbons (Fsp3) is 1.00. The summed E-state index contributed by atoms with van der Waals surface area (Å²) in [5, 5.41) is 8.83. The highest BCUT2D eigenvalue weighted by Gasteiger charge is 2.25. The quantitative estimate of drug-likeness (QED) is 0.523. The van der Waals surface area contributed by atoms with Gasteiger partial charge in [0.1, 0.15) is 0 Å². The SMILES string of the molecule is CC(C)N1CC(O)C1. The summed E-state index contributed by atoms with van der Waals surface area (Å²) in [5.74, 6) is 0. The van der Waals surface area contributed by atoms with E-state index in [2.05, 4.69) is 18.7 Å². The zero-order chi connectivity index (χ0) is 6.15. The van der Waals surface area contributed by atoms with Gasteiger partial charge < -0.3 is 5.11 Å². The Hall–Kier alpha value is -0.0800. The highest BCUT2D eigenvalue weighted by atomic mass is 16.3. The van der Waals surface area contributed by atoms with Crippen LogP contribution in [0.15, 0.2) is 0 Å². The lowest BCUT2D eigenvalue weighted by atomic mass is 10.1. The van der Waals surface area contributed by atoms with Crippen LogP contribution in [0.1, 0.15) is 13.8 Å². The standard InChI is InChI=1S/C6H13NO/c1-5(2)7-3-6(8)4-7/h5-6,8H,3-4H2,1-2H3. The highest BCUT2D eigenvalue weighted by molar-refractivity contribution is 4.80. The predicted molar refractivity (Wildman–Crippen MR) is 32.7 cm³/mol. The van der Waals surface area contributed by atoms with Gasteiger partial charge in [-0.1, -0.05) is 0 Å². The molecule has 0 aromatic heterocycles. The zero-order valence-electron chi connectivity index (χ0n) is 5.46. The van der Waals surface area contributed by atoms with Crippen molar-refractivity contribution in [3.05, 3.63) is 0 Å².